The van der Waals surface area contributed by atoms with Gasteiger partial charge in [-0.05, 0) is 106 Å². The SMILES string of the molecule is CCCNCCC1(C)C(=O)CCC23CCCCCC45CC(=O)C2=C(C(O)CC13)C4(C)C(O)CC5C(C)CC(O)C=C(C)C(=O)O. The lowest BCUT2D eigenvalue weighted by molar-refractivity contribution is -0.152. The molecule has 3 saturated carbocycles. The lowest BCUT2D eigenvalue weighted by atomic mass is 9.39. The standard InChI is InChI=1S/C37H57NO7/c1-6-15-38-16-14-34(4)28-20-26(40)31-32-27(41)21-37(12-9-7-8-11-36(28,32)13-10-29(34)42)25(19-30(43)35(31,37)5)22(2)17-24(39)18-23(3)33(44)45/h18,22,24-26,28,30,38-40,43H,6-17,19-21H2,1-5H3,(H,44,45). The van der Waals surface area contributed by atoms with Crippen LogP contribution in [0.5, 0.6) is 0 Å². The number of rotatable bonds is 10. The summed E-state index contributed by atoms with van der Waals surface area (Å²) in [5.74, 6) is -1.02. The van der Waals surface area contributed by atoms with Gasteiger partial charge in [0.25, 0.3) is 0 Å². The van der Waals surface area contributed by atoms with Gasteiger partial charge in [0.05, 0.1) is 18.3 Å². The van der Waals surface area contributed by atoms with E-state index in [2.05, 4.69) is 33.0 Å². The van der Waals surface area contributed by atoms with Gasteiger partial charge in [0.15, 0.2) is 5.78 Å². The van der Waals surface area contributed by atoms with Gasteiger partial charge in [0.1, 0.15) is 5.78 Å². The summed E-state index contributed by atoms with van der Waals surface area (Å²) in [6.45, 7) is 11.4. The van der Waals surface area contributed by atoms with Crippen molar-refractivity contribution >= 4 is 17.5 Å². The number of carbonyl (C=O) groups excluding carboxylic acids is 2. The van der Waals surface area contributed by atoms with Gasteiger partial charge in [0, 0.05) is 40.2 Å². The van der Waals surface area contributed by atoms with E-state index in [9.17, 15) is 34.8 Å². The van der Waals surface area contributed by atoms with Crippen LogP contribution in [0.3, 0.4) is 0 Å². The number of allylic oxidation sites excluding steroid dienone is 1. The van der Waals surface area contributed by atoms with Crippen LogP contribution in [0.1, 0.15) is 118 Å². The van der Waals surface area contributed by atoms with Crippen molar-refractivity contribution in [3.63, 3.8) is 0 Å². The third-order valence-corrected chi connectivity index (χ3v) is 13.7. The van der Waals surface area contributed by atoms with Crippen LogP contribution in [0.25, 0.3) is 0 Å². The average molecular weight is 628 g/mol. The normalized spacial score (nSPS) is 41.5. The number of nitrogens with one attached hydrogen (secondary N) is 1. The van der Waals surface area contributed by atoms with Crippen LogP contribution < -0.4 is 5.32 Å². The van der Waals surface area contributed by atoms with Crippen LogP contribution >= 0.6 is 0 Å². The first-order valence-electron chi connectivity index (χ1n) is 17.7. The van der Waals surface area contributed by atoms with E-state index in [0.717, 1.165) is 62.8 Å². The van der Waals surface area contributed by atoms with Crippen molar-refractivity contribution in [1.82, 2.24) is 5.32 Å². The first-order valence-corrected chi connectivity index (χ1v) is 17.7. The zero-order chi connectivity index (χ0) is 32.9. The molecule has 5 rings (SSSR count). The van der Waals surface area contributed by atoms with Crippen molar-refractivity contribution in [3.8, 4) is 0 Å². The number of ketones is 2. The molecular formula is C37H57NO7. The van der Waals surface area contributed by atoms with Gasteiger partial charge < -0.3 is 25.7 Å². The molecule has 2 spiro atoms. The fourth-order valence-corrected chi connectivity index (χ4v) is 11.5. The van der Waals surface area contributed by atoms with E-state index in [0.29, 0.717) is 44.9 Å². The van der Waals surface area contributed by atoms with Gasteiger partial charge in [-0.3, -0.25) is 9.59 Å². The number of hydrogen-bond donors (Lipinski definition) is 5. The molecule has 3 fully saturated rings. The maximum Gasteiger partial charge on any atom is 0.331 e. The predicted octanol–water partition coefficient (Wildman–Crippen LogP) is 5.14. The number of hydrogen-bond acceptors (Lipinski definition) is 7. The average Bonchev–Trinajstić information content (AvgIpc) is 3.20. The fraction of sp³-hybridized carbons (Fsp3) is 0.811. The molecule has 5 N–H and O–H groups in total. The second-order valence-corrected chi connectivity index (χ2v) is 15.9. The molecule has 0 aromatic carbocycles. The molecule has 0 radical (unpaired) electrons. The summed E-state index contributed by atoms with van der Waals surface area (Å²) in [5.41, 5.74) is -0.902. The molecule has 10 unspecified atom stereocenters. The zero-order valence-corrected chi connectivity index (χ0v) is 28.2. The first kappa shape index (κ1) is 34.5. The Balaban J connectivity index is 1.60. The van der Waals surface area contributed by atoms with Crippen molar-refractivity contribution < 1.29 is 34.8 Å². The Morgan fingerprint density at radius 1 is 1.07 bits per heavy atom. The lowest BCUT2D eigenvalue weighted by Crippen LogP contribution is -2.62. The number of carbonyl (C=O) groups is 3. The van der Waals surface area contributed by atoms with Crippen molar-refractivity contribution in [3.05, 3.63) is 22.8 Å². The number of carboxylic acid groups (broad SMARTS) is 1. The Labute approximate surface area is 269 Å². The van der Waals surface area contributed by atoms with Gasteiger partial charge in [-0.2, -0.15) is 0 Å². The van der Waals surface area contributed by atoms with Gasteiger partial charge in [-0.1, -0.05) is 47.0 Å². The van der Waals surface area contributed by atoms with Gasteiger partial charge >= 0.3 is 5.97 Å². The molecule has 0 aromatic rings. The van der Waals surface area contributed by atoms with Crippen molar-refractivity contribution in [2.45, 2.75) is 136 Å². The number of aliphatic carboxylic acids is 1. The third kappa shape index (κ3) is 5.30. The monoisotopic (exact) mass is 627 g/mol. The van der Waals surface area contributed by atoms with E-state index in [1.54, 1.807) is 0 Å². The Bertz CT molecular complexity index is 1260. The number of carboxylic acids is 1. The van der Waals surface area contributed by atoms with Crippen molar-refractivity contribution in [1.29, 1.82) is 0 Å². The highest BCUT2D eigenvalue weighted by Gasteiger charge is 2.72. The predicted molar refractivity (Wildman–Crippen MR) is 172 cm³/mol. The van der Waals surface area contributed by atoms with E-state index < -0.39 is 45.9 Å². The molecule has 0 aliphatic heterocycles. The van der Waals surface area contributed by atoms with Crippen LogP contribution in [0.2, 0.25) is 0 Å². The molecule has 0 saturated heterocycles. The Morgan fingerprint density at radius 2 is 1.78 bits per heavy atom. The number of Topliss-reactive ketones (excluding diaryl/α,β-unsaturated/α-hetero) is 2. The molecule has 5 aliphatic rings. The molecule has 45 heavy (non-hydrogen) atoms. The number of fused-ring (bicyclic) bond motifs is 2. The minimum Gasteiger partial charge on any atom is -0.478 e. The molecule has 0 aromatic heterocycles. The minimum atomic E-state index is -1.06. The summed E-state index contributed by atoms with van der Waals surface area (Å²) in [5, 5.41) is 48.0. The van der Waals surface area contributed by atoms with Crippen LogP contribution in [0, 0.1) is 39.4 Å². The number of aliphatic hydroxyl groups excluding tert-OH is 3. The van der Waals surface area contributed by atoms with Gasteiger partial charge in [-0.15, -0.1) is 0 Å². The molecule has 10 atom stereocenters. The second kappa shape index (κ2) is 12.6. The van der Waals surface area contributed by atoms with Crippen LogP contribution in [-0.4, -0.2) is 69.4 Å². The topological polar surface area (TPSA) is 144 Å². The van der Waals surface area contributed by atoms with E-state index in [-0.39, 0.29) is 34.9 Å². The Morgan fingerprint density at radius 3 is 2.47 bits per heavy atom. The highest BCUT2D eigenvalue weighted by atomic mass is 16.4. The smallest absolute Gasteiger partial charge is 0.331 e. The summed E-state index contributed by atoms with van der Waals surface area (Å²) >= 11 is 0. The molecule has 8 nitrogen and oxygen atoms in total. The Kier molecular flexibility index (Phi) is 9.67. The largest absolute Gasteiger partial charge is 0.478 e. The maximum absolute atomic E-state index is 14.8. The van der Waals surface area contributed by atoms with Crippen LogP contribution in [0.15, 0.2) is 22.8 Å². The van der Waals surface area contributed by atoms with E-state index in [1.165, 1.54) is 13.0 Å². The fourth-order valence-electron chi connectivity index (χ4n) is 11.5. The van der Waals surface area contributed by atoms with E-state index in [1.807, 2.05) is 0 Å². The summed E-state index contributed by atoms with van der Waals surface area (Å²) in [6, 6.07) is 0. The second-order valence-electron chi connectivity index (χ2n) is 15.9. The van der Waals surface area contributed by atoms with E-state index in [4.69, 9.17) is 0 Å². The quantitative estimate of drug-likeness (QED) is 0.166. The summed E-state index contributed by atoms with van der Waals surface area (Å²) in [7, 11) is 0. The molecular weight excluding hydrogens is 570 g/mol. The summed E-state index contributed by atoms with van der Waals surface area (Å²) in [6.07, 6.45) is 7.56. The zero-order valence-electron chi connectivity index (χ0n) is 28.2. The van der Waals surface area contributed by atoms with Crippen LogP contribution in [-0.2, 0) is 14.4 Å². The van der Waals surface area contributed by atoms with Gasteiger partial charge in [0.2, 0.25) is 0 Å². The van der Waals surface area contributed by atoms with Crippen molar-refractivity contribution in [2.75, 3.05) is 13.1 Å². The molecule has 0 heterocycles. The highest BCUT2D eigenvalue weighted by molar-refractivity contribution is 6.01. The maximum atomic E-state index is 14.8. The molecule has 252 valence electrons. The molecule has 5 aliphatic carbocycles. The lowest BCUT2D eigenvalue weighted by Gasteiger charge is -2.63. The van der Waals surface area contributed by atoms with Crippen molar-refractivity contribution in [2.24, 2.45) is 39.4 Å². The van der Waals surface area contributed by atoms with E-state index >= 15 is 0 Å². The Hall–Kier alpha value is -1.87. The molecule has 2 bridgehead atoms. The third-order valence-electron chi connectivity index (χ3n) is 13.7. The minimum absolute atomic E-state index is 0.0770. The first-order chi connectivity index (χ1) is 21.2. The molecule has 0 amide bonds. The number of aliphatic hydroxyl groups is 3. The summed E-state index contributed by atoms with van der Waals surface area (Å²) in [4.78, 5) is 40.0. The van der Waals surface area contributed by atoms with Gasteiger partial charge in [-0.25, -0.2) is 4.79 Å². The molecule has 8 heteroatoms. The van der Waals surface area contributed by atoms with Crippen LogP contribution in [0.4, 0.5) is 0 Å². The summed E-state index contributed by atoms with van der Waals surface area (Å²) < 4.78 is 0. The highest BCUT2D eigenvalue weighted by Crippen LogP contribution is 2.74.